The Balaban J connectivity index is 3.29. The molecule has 0 unspecified atom stereocenters. The van der Waals surface area contributed by atoms with Gasteiger partial charge in [0.1, 0.15) is 0 Å². The van der Waals surface area contributed by atoms with Gasteiger partial charge in [-0.25, -0.2) is 9.59 Å². The third-order valence-corrected chi connectivity index (χ3v) is 4.23. The lowest BCUT2D eigenvalue weighted by Crippen LogP contribution is -1.95. The van der Waals surface area contributed by atoms with E-state index in [0.717, 1.165) is 25.7 Å². The van der Waals surface area contributed by atoms with Crippen molar-refractivity contribution in [3.05, 3.63) is 23.3 Å². The molecule has 0 aliphatic carbocycles. The summed E-state index contributed by atoms with van der Waals surface area (Å²) in [6.07, 6.45) is 17.4. The predicted octanol–water partition coefficient (Wildman–Crippen LogP) is 5.73. The molecule has 0 rings (SSSR count). The van der Waals surface area contributed by atoms with Gasteiger partial charge in [0.2, 0.25) is 0 Å². The normalized spacial score (nSPS) is 12.4. The molecule has 0 aromatic rings. The molecule has 0 aromatic carbocycles. The first-order valence-corrected chi connectivity index (χ1v) is 9.25. The first-order valence-electron chi connectivity index (χ1n) is 9.25. The summed E-state index contributed by atoms with van der Waals surface area (Å²) in [4.78, 5) is 21.2. The van der Waals surface area contributed by atoms with Gasteiger partial charge in [0.15, 0.2) is 0 Å². The minimum Gasteiger partial charge on any atom is -0.478 e. The maximum atomic E-state index is 10.6. The Morgan fingerprint density at radius 1 is 0.583 bits per heavy atom. The fraction of sp³-hybridized carbons (Fsp3) is 0.700. The summed E-state index contributed by atoms with van der Waals surface area (Å²) in [5.41, 5.74) is 0.896. The molecule has 0 heterocycles. The van der Waals surface area contributed by atoms with Crippen molar-refractivity contribution in [2.75, 3.05) is 0 Å². The van der Waals surface area contributed by atoms with Crippen LogP contribution in [-0.2, 0) is 9.59 Å². The van der Waals surface area contributed by atoms with E-state index in [1.807, 2.05) is 12.2 Å². The molecule has 0 aromatic heterocycles. The Morgan fingerprint density at radius 2 is 0.833 bits per heavy atom. The van der Waals surface area contributed by atoms with Crippen LogP contribution < -0.4 is 0 Å². The van der Waals surface area contributed by atoms with E-state index in [1.165, 1.54) is 51.4 Å². The van der Waals surface area contributed by atoms with E-state index >= 15 is 0 Å². The summed E-state index contributed by atoms with van der Waals surface area (Å²) in [6, 6.07) is 0. The molecule has 0 aliphatic heterocycles. The fourth-order valence-corrected chi connectivity index (χ4v) is 2.51. The van der Waals surface area contributed by atoms with Crippen LogP contribution in [0.15, 0.2) is 23.3 Å². The zero-order chi connectivity index (χ0) is 18.2. The number of hydrogen-bond acceptors (Lipinski definition) is 2. The Kier molecular flexibility index (Phi) is 14.0. The van der Waals surface area contributed by atoms with Gasteiger partial charge in [-0.05, 0) is 39.5 Å². The van der Waals surface area contributed by atoms with Gasteiger partial charge in [0, 0.05) is 11.1 Å². The van der Waals surface area contributed by atoms with Crippen LogP contribution in [0.4, 0.5) is 0 Å². The minimum absolute atomic E-state index is 0.448. The van der Waals surface area contributed by atoms with Gasteiger partial charge in [-0.15, -0.1) is 0 Å². The zero-order valence-corrected chi connectivity index (χ0v) is 15.4. The maximum absolute atomic E-state index is 10.6. The van der Waals surface area contributed by atoms with Crippen molar-refractivity contribution in [2.24, 2.45) is 0 Å². The SMILES string of the molecule is C/C(=C\CCCCCCCCCCCC/C=C(\C)C(=O)O)C(=O)O. The number of carbonyl (C=O) groups is 2. The molecule has 24 heavy (non-hydrogen) atoms. The molecule has 4 nitrogen and oxygen atoms in total. The van der Waals surface area contributed by atoms with E-state index in [1.54, 1.807) is 13.8 Å². The molecule has 0 amide bonds. The highest BCUT2D eigenvalue weighted by Gasteiger charge is 1.99. The van der Waals surface area contributed by atoms with Crippen molar-refractivity contribution >= 4 is 11.9 Å². The highest BCUT2D eigenvalue weighted by Crippen LogP contribution is 2.13. The standard InChI is InChI=1S/C20H34O4/c1-17(19(21)22)15-13-11-9-7-5-3-4-6-8-10-12-14-16-18(2)20(23)24/h15-16H,3-14H2,1-2H3,(H,21,22)(H,23,24)/b17-15+,18-16+. The monoisotopic (exact) mass is 338 g/mol. The van der Waals surface area contributed by atoms with Crippen LogP contribution in [0.3, 0.4) is 0 Å². The van der Waals surface area contributed by atoms with Crippen LogP contribution in [0, 0.1) is 0 Å². The van der Waals surface area contributed by atoms with Crippen LogP contribution in [0.5, 0.6) is 0 Å². The van der Waals surface area contributed by atoms with Crippen LogP contribution in [0.2, 0.25) is 0 Å². The van der Waals surface area contributed by atoms with Crippen LogP contribution >= 0.6 is 0 Å². The van der Waals surface area contributed by atoms with E-state index in [4.69, 9.17) is 10.2 Å². The highest BCUT2D eigenvalue weighted by molar-refractivity contribution is 5.86. The minimum atomic E-state index is -0.817. The van der Waals surface area contributed by atoms with E-state index in [2.05, 4.69) is 0 Å². The van der Waals surface area contributed by atoms with Crippen LogP contribution in [0.1, 0.15) is 90.9 Å². The zero-order valence-electron chi connectivity index (χ0n) is 15.4. The van der Waals surface area contributed by atoms with Crippen LogP contribution in [0.25, 0.3) is 0 Å². The van der Waals surface area contributed by atoms with E-state index < -0.39 is 11.9 Å². The number of carboxylic acid groups (broad SMARTS) is 2. The van der Waals surface area contributed by atoms with Gasteiger partial charge in [-0.1, -0.05) is 63.5 Å². The number of rotatable bonds is 15. The van der Waals surface area contributed by atoms with Crippen molar-refractivity contribution in [3.8, 4) is 0 Å². The van der Waals surface area contributed by atoms with E-state index in [-0.39, 0.29) is 0 Å². The van der Waals surface area contributed by atoms with E-state index in [9.17, 15) is 9.59 Å². The first kappa shape index (κ1) is 22.4. The van der Waals surface area contributed by atoms with E-state index in [0.29, 0.717) is 11.1 Å². The summed E-state index contributed by atoms with van der Waals surface area (Å²) in [5.74, 6) is -1.63. The average molecular weight is 338 g/mol. The largest absolute Gasteiger partial charge is 0.478 e. The van der Waals surface area contributed by atoms with Gasteiger partial charge >= 0.3 is 11.9 Å². The van der Waals surface area contributed by atoms with Gasteiger partial charge in [-0.2, -0.15) is 0 Å². The van der Waals surface area contributed by atoms with Crippen LogP contribution in [-0.4, -0.2) is 22.2 Å². The molecule has 138 valence electrons. The Hall–Kier alpha value is -1.58. The number of allylic oxidation sites excluding steroid dienone is 2. The Morgan fingerprint density at radius 3 is 1.08 bits per heavy atom. The molecule has 2 N–H and O–H groups in total. The lowest BCUT2D eigenvalue weighted by atomic mass is 10.0. The molecule has 0 atom stereocenters. The molecular formula is C20H34O4. The summed E-state index contributed by atoms with van der Waals surface area (Å²) in [7, 11) is 0. The molecule has 0 saturated carbocycles. The summed E-state index contributed by atoms with van der Waals surface area (Å²) < 4.78 is 0. The van der Waals surface area contributed by atoms with Crippen molar-refractivity contribution < 1.29 is 19.8 Å². The quantitative estimate of drug-likeness (QED) is 0.295. The van der Waals surface area contributed by atoms with Crippen molar-refractivity contribution in [1.29, 1.82) is 0 Å². The van der Waals surface area contributed by atoms with Crippen molar-refractivity contribution in [2.45, 2.75) is 90.9 Å². The molecule has 0 radical (unpaired) electrons. The number of carboxylic acids is 2. The highest BCUT2D eigenvalue weighted by atomic mass is 16.4. The molecule has 0 bridgehead atoms. The maximum Gasteiger partial charge on any atom is 0.330 e. The van der Waals surface area contributed by atoms with Gasteiger partial charge in [0.25, 0.3) is 0 Å². The predicted molar refractivity (Wildman–Crippen MR) is 98.2 cm³/mol. The third-order valence-electron chi connectivity index (χ3n) is 4.23. The molecule has 0 fully saturated rings. The molecular weight excluding hydrogens is 304 g/mol. The lowest BCUT2D eigenvalue weighted by Gasteiger charge is -2.02. The number of aliphatic carboxylic acids is 2. The number of hydrogen-bond donors (Lipinski definition) is 2. The number of unbranched alkanes of at least 4 members (excludes halogenated alkanes) is 11. The van der Waals surface area contributed by atoms with Gasteiger partial charge < -0.3 is 10.2 Å². The summed E-state index contributed by atoms with van der Waals surface area (Å²) in [5, 5.41) is 17.4. The second kappa shape index (κ2) is 15.0. The third kappa shape index (κ3) is 14.0. The van der Waals surface area contributed by atoms with Gasteiger partial charge in [0.05, 0.1) is 0 Å². The second-order valence-electron chi connectivity index (χ2n) is 6.50. The topological polar surface area (TPSA) is 74.6 Å². The Labute approximate surface area is 146 Å². The average Bonchev–Trinajstić information content (AvgIpc) is 2.54. The van der Waals surface area contributed by atoms with Crippen molar-refractivity contribution in [1.82, 2.24) is 0 Å². The Bertz CT molecular complexity index is 381. The molecule has 0 saturated heterocycles. The fourth-order valence-electron chi connectivity index (χ4n) is 2.51. The molecule has 0 spiro atoms. The first-order chi connectivity index (χ1) is 11.4. The second-order valence-corrected chi connectivity index (χ2v) is 6.50. The molecule has 0 aliphatic rings. The lowest BCUT2D eigenvalue weighted by molar-refractivity contribution is -0.133. The smallest absolute Gasteiger partial charge is 0.330 e. The van der Waals surface area contributed by atoms with Crippen molar-refractivity contribution in [3.63, 3.8) is 0 Å². The summed E-state index contributed by atoms with van der Waals surface area (Å²) in [6.45, 7) is 3.29. The van der Waals surface area contributed by atoms with Gasteiger partial charge in [-0.3, -0.25) is 0 Å². The molecule has 4 heteroatoms. The summed E-state index contributed by atoms with van der Waals surface area (Å²) >= 11 is 0.